The molecule has 0 spiro atoms. The molecular formula is C16H17ClN2O6. The number of halogens is 1. The second-order valence-corrected chi connectivity index (χ2v) is 5.96. The first-order valence-electron chi connectivity index (χ1n) is 7.23. The van der Waals surface area contributed by atoms with Gasteiger partial charge in [-0.3, -0.25) is 4.79 Å². The van der Waals surface area contributed by atoms with Crippen LogP contribution in [0.4, 0.5) is 11.4 Å². The van der Waals surface area contributed by atoms with Gasteiger partial charge in [0.1, 0.15) is 6.61 Å². The summed E-state index contributed by atoms with van der Waals surface area (Å²) >= 11 is 6.09. The minimum atomic E-state index is -1.29. The Morgan fingerprint density at radius 2 is 1.92 bits per heavy atom. The highest BCUT2D eigenvalue weighted by atomic mass is 35.5. The van der Waals surface area contributed by atoms with Gasteiger partial charge in [-0.05, 0) is 18.2 Å². The van der Waals surface area contributed by atoms with Crippen LogP contribution in [0.5, 0.6) is 0 Å². The molecule has 2 rings (SSSR count). The molecule has 0 atom stereocenters. The Morgan fingerprint density at radius 3 is 2.48 bits per heavy atom. The molecule has 1 aromatic carbocycles. The minimum absolute atomic E-state index is 0.0942. The van der Waals surface area contributed by atoms with E-state index in [0.717, 1.165) is 0 Å². The quantitative estimate of drug-likeness (QED) is 0.465. The summed E-state index contributed by atoms with van der Waals surface area (Å²) in [5.41, 5.74) is 0.626. The Labute approximate surface area is 149 Å². The Balaban J connectivity index is 2.08. The van der Waals surface area contributed by atoms with Crippen molar-refractivity contribution < 1.29 is 28.6 Å². The van der Waals surface area contributed by atoms with Crippen LogP contribution in [0, 0.1) is 0 Å². The number of ether oxygens (including phenoxy) is 3. The van der Waals surface area contributed by atoms with Crippen molar-refractivity contribution in [1.29, 1.82) is 0 Å². The average molecular weight is 369 g/mol. The van der Waals surface area contributed by atoms with Crippen LogP contribution in [0.3, 0.4) is 0 Å². The Bertz CT molecular complexity index is 722. The third kappa shape index (κ3) is 4.94. The molecular weight excluding hydrogens is 352 g/mol. The number of rotatable bonds is 5. The molecule has 1 aromatic rings. The van der Waals surface area contributed by atoms with Gasteiger partial charge >= 0.3 is 11.9 Å². The summed E-state index contributed by atoms with van der Waals surface area (Å²) in [6.45, 7) is 2.83. The predicted octanol–water partition coefficient (Wildman–Crippen LogP) is 2.06. The number of carbonyl (C=O) groups excluding carboxylic acids is 3. The van der Waals surface area contributed by atoms with Crippen molar-refractivity contribution in [3.8, 4) is 0 Å². The zero-order valence-electron chi connectivity index (χ0n) is 13.8. The minimum Gasteiger partial charge on any atom is -0.419 e. The maximum Gasteiger partial charge on any atom is 0.350 e. The molecule has 0 aliphatic carbocycles. The first-order valence-corrected chi connectivity index (χ1v) is 7.61. The Kier molecular flexibility index (Phi) is 5.66. The highest BCUT2D eigenvalue weighted by molar-refractivity contribution is 6.34. The van der Waals surface area contributed by atoms with Crippen molar-refractivity contribution in [1.82, 2.24) is 0 Å². The molecule has 8 nitrogen and oxygen atoms in total. The van der Waals surface area contributed by atoms with Crippen LogP contribution in [0.2, 0.25) is 5.02 Å². The van der Waals surface area contributed by atoms with E-state index in [1.807, 2.05) is 0 Å². The third-order valence-electron chi connectivity index (χ3n) is 3.02. The van der Waals surface area contributed by atoms with Crippen LogP contribution >= 0.6 is 11.6 Å². The molecule has 0 aromatic heterocycles. The zero-order valence-corrected chi connectivity index (χ0v) is 14.6. The van der Waals surface area contributed by atoms with Gasteiger partial charge in [0, 0.05) is 32.8 Å². The van der Waals surface area contributed by atoms with E-state index in [2.05, 4.69) is 10.6 Å². The van der Waals surface area contributed by atoms with E-state index in [9.17, 15) is 14.4 Å². The van der Waals surface area contributed by atoms with Crippen LogP contribution in [0.25, 0.3) is 0 Å². The van der Waals surface area contributed by atoms with E-state index < -0.39 is 17.7 Å². The van der Waals surface area contributed by atoms with Crippen LogP contribution in [-0.2, 0) is 28.6 Å². The van der Waals surface area contributed by atoms with E-state index in [1.54, 1.807) is 12.1 Å². The first-order chi connectivity index (χ1) is 11.7. The van der Waals surface area contributed by atoms with Gasteiger partial charge in [-0.25, -0.2) is 9.59 Å². The van der Waals surface area contributed by atoms with Crippen molar-refractivity contribution in [2.45, 2.75) is 19.6 Å². The first kappa shape index (κ1) is 18.8. The number of hydrogen-bond acceptors (Lipinski definition) is 7. The number of benzene rings is 1. The van der Waals surface area contributed by atoms with Crippen molar-refractivity contribution in [2.75, 3.05) is 24.4 Å². The second kappa shape index (κ2) is 7.54. The van der Waals surface area contributed by atoms with Crippen LogP contribution in [0.1, 0.15) is 13.8 Å². The van der Waals surface area contributed by atoms with Crippen molar-refractivity contribution in [3.63, 3.8) is 0 Å². The summed E-state index contributed by atoms with van der Waals surface area (Å²) in [7, 11) is 1.41. The standard InChI is InChI=1S/C16H17ClN2O6/c1-16(2)24-14(21)10(15(22)25-16)7-18-9-4-5-12(11(17)6-9)19-13(20)8-23-3/h4-7,18H,8H2,1-3H3,(H,19,20). The van der Waals surface area contributed by atoms with Gasteiger partial charge in [0.25, 0.3) is 5.79 Å². The summed E-state index contributed by atoms with van der Waals surface area (Å²) in [5.74, 6) is -3.22. The highest BCUT2D eigenvalue weighted by Crippen LogP contribution is 2.26. The maximum absolute atomic E-state index is 11.8. The fourth-order valence-corrected chi connectivity index (χ4v) is 2.19. The van der Waals surface area contributed by atoms with E-state index in [0.29, 0.717) is 11.4 Å². The molecule has 1 amide bonds. The molecule has 1 heterocycles. The van der Waals surface area contributed by atoms with Crippen LogP contribution in [-0.4, -0.2) is 37.3 Å². The van der Waals surface area contributed by atoms with Crippen molar-refractivity contribution in [3.05, 3.63) is 35.0 Å². The number of amides is 1. The lowest BCUT2D eigenvalue weighted by molar-refractivity contribution is -0.222. The van der Waals surface area contributed by atoms with Crippen molar-refractivity contribution >= 4 is 40.8 Å². The SMILES string of the molecule is COCC(=O)Nc1ccc(NC=C2C(=O)OC(C)(C)OC2=O)cc1Cl. The largest absolute Gasteiger partial charge is 0.419 e. The number of carbonyl (C=O) groups is 3. The number of hydrogen-bond donors (Lipinski definition) is 2. The summed E-state index contributed by atoms with van der Waals surface area (Å²) in [4.78, 5) is 35.1. The van der Waals surface area contributed by atoms with E-state index in [4.69, 9.17) is 25.8 Å². The number of cyclic esters (lactones) is 2. The smallest absolute Gasteiger partial charge is 0.350 e. The van der Waals surface area contributed by atoms with E-state index in [1.165, 1.54) is 33.2 Å². The number of anilines is 2. The molecule has 1 aliphatic heterocycles. The molecule has 25 heavy (non-hydrogen) atoms. The van der Waals surface area contributed by atoms with Crippen molar-refractivity contribution in [2.24, 2.45) is 0 Å². The average Bonchev–Trinajstić information content (AvgIpc) is 2.48. The lowest BCUT2D eigenvalue weighted by Crippen LogP contribution is -2.42. The zero-order chi connectivity index (χ0) is 18.6. The van der Waals surface area contributed by atoms with E-state index >= 15 is 0 Å². The fraction of sp³-hybridized carbons (Fsp3) is 0.312. The molecule has 0 bridgehead atoms. The molecule has 2 N–H and O–H groups in total. The molecule has 1 fully saturated rings. The van der Waals surface area contributed by atoms with Crippen LogP contribution in [0.15, 0.2) is 30.0 Å². The van der Waals surface area contributed by atoms with Gasteiger partial charge in [-0.15, -0.1) is 0 Å². The molecule has 9 heteroatoms. The maximum atomic E-state index is 11.8. The number of methoxy groups -OCH3 is 1. The van der Waals surface area contributed by atoms with E-state index in [-0.39, 0.29) is 23.1 Å². The predicted molar refractivity (Wildman–Crippen MR) is 89.9 cm³/mol. The lowest BCUT2D eigenvalue weighted by atomic mass is 10.2. The molecule has 0 saturated carbocycles. The molecule has 0 unspecified atom stereocenters. The number of esters is 2. The van der Waals surface area contributed by atoms with Gasteiger partial charge in [0.2, 0.25) is 5.91 Å². The molecule has 134 valence electrons. The Morgan fingerprint density at radius 1 is 1.28 bits per heavy atom. The lowest BCUT2D eigenvalue weighted by Gasteiger charge is -2.29. The highest BCUT2D eigenvalue weighted by Gasteiger charge is 2.38. The van der Waals surface area contributed by atoms with Gasteiger partial charge in [-0.1, -0.05) is 11.6 Å². The fourth-order valence-electron chi connectivity index (χ4n) is 1.96. The summed E-state index contributed by atoms with van der Waals surface area (Å²) in [6.07, 6.45) is 1.18. The molecule has 1 aliphatic rings. The summed E-state index contributed by atoms with van der Waals surface area (Å²) in [6, 6.07) is 4.69. The van der Waals surface area contributed by atoms with Crippen LogP contribution < -0.4 is 10.6 Å². The monoisotopic (exact) mass is 368 g/mol. The topological polar surface area (TPSA) is 103 Å². The van der Waals surface area contributed by atoms with Gasteiger partial charge < -0.3 is 24.8 Å². The summed E-state index contributed by atoms with van der Waals surface area (Å²) in [5, 5.41) is 5.61. The van der Waals surface area contributed by atoms with Gasteiger partial charge in [-0.2, -0.15) is 0 Å². The Hall–Kier alpha value is -2.58. The number of nitrogens with one attached hydrogen (secondary N) is 2. The summed E-state index contributed by atoms with van der Waals surface area (Å²) < 4.78 is 14.7. The third-order valence-corrected chi connectivity index (χ3v) is 3.33. The molecule has 1 saturated heterocycles. The van der Waals surface area contributed by atoms with Gasteiger partial charge in [0.05, 0.1) is 10.7 Å². The second-order valence-electron chi connectivity index (χ2n) is 5.56. The molecule has 0 radical (unpaired) electrons. The normalized spacial score (nSPS) is 15.9. The van der Waals surface area contributed by atoms with Gasteiger partial charge in [0.15, 0.2) is 5.57 Å².